The van der Waals surface area contributed by atoms with Crippen molar-refractivity contribution in [2.75, 3.05) is 0 Å². The number of benzene rings is 2. The Labute approximate surface area is 137 Å². The minimum absolute atomic E-state index is 0.0815. The number of halogens is 1. The van der Waals surface area contributed by atoms with Gasteiger partial charge in [-0.05, 0) is 41.0 Å². The van der Waals surface area contributed by atoms with E-state index in [0.29, 0.717) is 0 Å². The van der Waals surface area contributed by atoms with Crippen LogP contribution in [0.4, 0.5) is 0 Å². The monoisotopic (exact) mass is 333 g/mol. The fourth-order valence-electron chi connectivity index (χ4n) is 1.80. The van der Waals surface area contributed by atoms with Crippen molar-refractivity contribution in [1.29, 1.82) is 0 Å². The summed E-state index contributed by atoms with van der Waals surface area (Å²) in [6.45, 7) is 0. The van der Waals surface area contributed by atoms with Crippen molar-refractivity contribution in [1.82, 2.24) is 5.43 Å². The van der Waals surface area contributed by atoms with E-state index < -0.39 is 5.97 Å². The number of carboxylic acid groups (broad SMARTS) is 1. The summed E-state index contributed by atoms with van der Waals surface area (Å²) >= 11 is 10.6. The van der Waals surface area contributed by atoms with Gasteiger partial charge < -0.3 is 10.8 Å². The maximum absolute atomic E-state index is 10.9. The summed E-state index contributed by atoms with van der Waals surface area (Å²) in [4.78, 5) is 10.9. The molecule has 0 radical (unpaired) electrons. The van der Waals surface area contributed by atoms with Crippen molar-refractivity contribution in [3.8, 4) is 11.1 Å². The molecule has 5 nitrogen and oxygen atoms in total. The van der Waals surface area contributed by atoms with Crippen LogP contribution in [-0.4, -0.2) is 22.4 Å². The van der Waals surface area contributed by atoms with Gasteiger partial charge in [-0.2, -0.15) is 5.10 Å². The Bertz CT molecular complexity index is 745. The van der Waals surface area contributed by atoms with E-state index in [-0.39, 0.29) is 15.7 Å². The minimum Gasteiger partial charge on any atom is -0.478 e. The molecule has 0 atom stereocenters. The Kier molecular flexibility index (Phi) is 5.08. The molecule has 7 heteroatoms. The average Bonchev–Trinajstić information content (AvgIpc) is 2.47. The van der Waals surface area contributed by atoms with E-state index in [1.165, 1.54) is 6.07 Å². The van der Waals surface area contributed by atoms with Gasteiger partial charge in [0.05, 0.1) is 16.8 Å². The number of nitrogens with two attached hydrogens (primary N) is 1. The maximum atomic E-state index is 10.9. The Hall–Kier alpha value is -2.44. The largest absolute Gasteiger partial charge is 0.478 e. The third kappa shape index (κ3) is 4.03. The van der Waals surface area contributed by atoms with Gasteiger partial charge in [0.1, 0.15) is 0 Å². The first kappa shape index (κ1) is 15.9. The summed E-state index contributed by atoms with van der Waals surface area (Å²) in [6, 6.07) is 12.3. The molecular formula is C15H12ClN3O2S. The van der Waals surface area contributed by atoms with Crippen LogP contribution in [0.1, 0.15) is 15.9 Å². The van der Waals surface area contributed by atoms with Crippen molar-refractivity contribution in [2.24, 2.45) is 10.8 Å². The number of aromatic carboxylic acids is 1. The Morgan fingerprint density at radius 3 is 2.41 bits per heavy atom. The number of thiocarbonyl (C=S) groups is 1. The van der Waals surface area contributed by atoms with Gasteiger partial charge in [-0.1, -0.05) is 41.9 Å². The van der Waals surface area contributed by atoms with E-state index in [1.807, 2.05) is 24.3 Å². The molecule has 0 amide bonds. The summed E-state index contributed by atoms with van der Waals surface area (Å²) in [5.74, 6) is -1.05. The Morgan fingerprint density at radius 1 is 1.23 bits per heavy atom. The van der Waals surface area contributed by atoms with E-state index in [2.05, 4.69) is 22.7 Å². The molecule has 4 N–H and O–H groups in total. The SMILES string of the molecule is NC(=S)NN=Cc1ccc(-c2ccc(C(=O)O)c(Cl)c2)cc1. The number of carbonyl (C=O) groups is 1. The number of hydrazone groups is 1. The Morgan fingerprint density at radius 2 is 1.86 bits per heavy atom. The molecule has 112 valence electrons. The molecule has 0 aromatic heterocycles. The van der Waals surface area contributed by atoms with Crippen LogP contribution in [0.5, 0.6) is 0 Å². The van der Waals surface area contributed by atoms with Gasteiger partial charge in [-0.25, -0.2) is 4.79 Å². The number of nitrogens with zero attached hydrogens (tertiary/aromatic N) is 1. The normalized spacial score (nSPS) is 10.6. The molecule has 22 heavy (non-hydrogen) atoms. The number of nitrogens with one attached hydrogen (secondary N) is 1. The molecule has 0 unspecified atom stereocenters. The van der Waals surface area contributed by atoms with Crippen LogP contribution in [0.25, 0.3) is 11.1 Å². The van der Waals surface area contributed by atoms with Crippen molar-refractivity contribution >= 4 is 41.1 Å². The third-order valence-corrected chi connectivity index (χ3v) is 3.24. The second-order valence-corrected chi connectivity index (χ2v) is 5.20. The lowest BCUT2D eigenvalue weighted by Gasteiger charge is -2.05. The Balaban J connectivity index is 2.20. The zero-order chi connectivity index (χ0) is 16.1. The molecule has 0 aliphatic rings. The highest BCUT2D eigenvalue weighted by Gasteiger charge is 2.09. The van der Waals surface area contributed by atoms with Crippen molar-refractivity contribution in [3.05, 3.63) is 58.6 Å². The van der Waals surface area contributed by atoms with Crippen molar-refractivity contribution in [2.45, 2.75) is 0 Å². The fraction of sp³-hybridized carbons (Fsp3) is 0. The lowest BCUT2D eigenvalue weighted by atomic mass is 10.0. The summed E-state index contributed by atoms with van der Waals surface area (Å²) in [6.07, 6.45) is 1.59. The van der Waals surface area contributed by atoms with Gasteiger partial charge >= 0.3 is 5.97 Å². The number of hydrogen-bond donors (Lipinski definition) is 3. The van der Waals surface area contributed by atoms with Gasteiger partial charge in [0, 0.05) is 0 Å². The van der Waals surface area contributed by atoms with Gasteiger partial charge in [0.15, 0.2) is 5.11 Å². The zero-order valence-corrected chi connectivity index (χ0v) is 12.9. The fourth-order valence-corrected chi connectivity index (χ4v) is 2.11. The summed E-state index contributed by atoms with van der Waals surface area (Å²) < 4.78 is 0. The molecular weight excluding hydrogens is 322 g/mol. The molecule has 0 spiro atoms. The zero-order valence-electron chi connectivity index (χ0n) is 11.3. The van der Waals surface area contributed by atoms with Gasteiger partial charge in [0.2, 0.25) is 0 Å². The van der Waals surface area contributed by atoms with Crippen LogP contribution in [-0.2, 0) is 0 Å². The van der Waals surface area contributed by atoms with E-state index in [9.17, 15) is 4.79 Å². The second kappa shape index (κ2) is 7.02. The number of carboxylic acids is 1. The first-order valence-corrected chi connectivity index (χ1v) is 6.98. The highest BCUT2D eigenvalue weighted by Crippen LogP contribution is 2.25. The molecule has 0 bridgehead atoms. The van der Waals surface area contributed by atoms with E-state index in [4.69, 9.17) is 22.4 Å². The van der Waals surface area contributed by atoms with Crippen LogP contribution in [0.3, 0.4) is 0 Å². The topological polar surface area (TPSA) is 87.7 Å². The summed E-state index contributed by atoms with van der Waals surface area (Å²) in [7, 11) is 0. The van der Waals surface area contributed by atoms with E-state index >= 15 is 0 Å². The number of hydrogen-bond acceptors (Lipinski definition) is 3. The molecule has 2 rings (SSSR count). The molecule has 2 aromatic carbocycles. The maximum Gasteiger partial charge on any atom is 0.337 e. The second-order valence-electron chi connectivity index (χ2n) is 4.36. The lowest BCUT2D eigenvalue weighted by Crippen LogP contribution is -2.23. The van der Waals surface area contributed by atoms with Crippen molar-refractivity contribution in [3.63, 3.8) is 0 Å². The molecule has 0 aliphatic carbocycles. The highest BCUT2D eigenvalue weighted by atomic mass is 35.5. The standard InChI is InChI=1S/C15H12ClN3O2S/c16-13-7-11(5-6-12(13)14(20)21)10-3-1-9(2-4-10)8-18-19-15(17)22/h1-8H,(H,20,21)(H3,17,19,22). The molecule has 2 aromatic rings. The van der Waals surface area contributed by atoms with Gasteiger partial charge in [0.25, 0.3) is 0 Å². The van der Waals surface area contributed by atoms with Crippen LogP contribution >= 0.6 is 23.8 Å². The van der Waals surface area contributed by atoms with Crippen LogP contribution in [0, 0.1) is 0 Å². The summed E-state index contributed by atoms with van der Waals surface area (Å²) in [5.41, 5.74) is 10.4. The highest BCUT2D eigenvalue weighted by molar-refractivity contribution is 7.80. The van der Waals surface area contributed by atoms with E-state index in [1.54, 1.807) is 18.3 Å². The predicted octanol–water partition coefficient (Wildman–Crippen LogP) is 2.87. The van der Waals surface area contributed by atoms with E-state index in [0.717, 1.165) is 16.7 Å². The van der Waals surface area contributed by atoms with Crippen LogP contribution in [0.2, 0.25) is 5.02 Å². The minimum atomic E-state index is -1.05. The first-order valence-electron chi connectivity index (χ1n) is 6.19. The quantitative estimate of drug-likeness (QED) is 0.455. The smallest absolute Gasteiger partial charge is 0.337 e. The average molecular weight is 334 g/mol. The molecule has 0 aliphatic heterocycles. The molecule has 0 fully saturated rings. The molecule has 0 saturated carbocycles. The van der Waals surface area contributed by atoms with Crippen molar-refractivity contribution < 1.29 is 9.90 Å². The number of rotatable bonds is 4. The van der Waals surface area contributed by atoms with Crippen LogP contribution < -0.4 is 11.2 Å². The third-order valence-electron chi connectivity index (χ3n) is 2.83. The van der Waals surface area contributed by atoms with Crippen LogP contribution in [0.15, 0.2) is 47.6 Å². The first-order chi connectivity index (χ1) is 10.5. The molecule has 0 saturated heterocycles. The molecule has 0 heterocycles. The van der Waals surface area contributed by atoms with Gasteiger partial charge in [-0.3, -0.25) is 5.43 Å². The van der Waals surface area contributed by atoms with Gasteiger partial charge in [-0.15, -0.1) is 0 Å². The predicted molar refractivity (Wildman–Crippen MR) is 91.4 cm³/mol. The summed E-state index contributed by atoms with van der Waals surface area (Å²) in [5, 5.41) is 13.1. The lowest BCUT2D eigenvalue weighted by molar-refractivity contribution is 0.0697.